The van der Waals surface area contributed by atoms with Crippen LogP contribution in [-0.2, 0) is 13.7 Å². The second kappa shape index (κ2) is 5.22. The van der Waals surface area contributed by atoms with E-state index in [4.69, 9.17) is 24.9 Å². The summed E-state index contributed by atoms with van der Waals surface area (Å²) in [5.74, 6) is 0. The molecule has 0 bridgehead atoms. The zero-order valence-electron chi connectivity index (χ0n) is 8.29. The maximum absolute atomic E-state index is 11.3. The molecule has 3 unspecified atom stereocenters. The SMILES string of the molecule is CC(O)(P(=O)(O)O)P(=O)(O)OCC(O)CO. The van der Waals surface area contributed by atoms with Gasteiger partial charge in [0.1, 0.15) is 6.10 Å². The van der Waals surface area contributed by atoms with Crippen LogP contribution in [0.15, 0.2) is 0 Å². The number of rotatable bonds is 6. The van der Waals surface area contributed by atoms with Crippen molar-refractivity contribution in [2.24, 2.45) is 0 Å². The highest BCUT2D eigenvalue weighted by molar-refractivity contribution is 7.72. The van der Waals surface area contributed by atoms with Crippen molar-refractivity contribution in [1.29, 1.82) is 0 Å². The molecular formula is C5H14O9P2. The van der Waals surface area contributed by atoms with Crippen molar-refractivity contribution >= 4 is 15.2 Å². The molecule has 0 aliphatic heterocycles. The maximum Gasteiger partial charge on any atom is 0.371 e. The summed E-state index contributed by atoms with van der Waals surface area (Å²) >= 11 is 0. The Morgan fingerprint density at radius 1 is 1.31 bits per heavy atom. The van der Waals surface area contributed by atoms with E-state index in [1.807, 2.05) is 0 Å². The standard InChI is InChI=1S/C5H14O9P2/c1-5(8,15(9,10)11)16(12,13)14-3-4(7)2-6/h4,6-8H,2-3H2,1H3,(H,12,13)(H2,9,10,11). The Morgan fingerprint density at radius 2 is 1.75 bits per heavy atom. The van der Waals surface area contributed by atoms with Crippen LogP contribution in [0.5, 0.6) is 0 Å². The molecule has 3 atom stereocenters. The predicted octanol–water partition coefficient (Wildman–Crippen LogP) is -1.61. The van der Waals surface area contributed by atoms with Crippen molar-refractivity contribution in [2.75, 3.05) is 13.2 Å². The molecule has 0 saturated heterocycles. The van der Waals surface area contributed by atoms with Gasteiger partial charge in [-0.25, -0.2) is 0 Å². The molecule has 9 nitrogen and oxygen atoms in total. The Balaban J connectivity index is 4.80. The van der Waals surface area contributed by atoms with E-state index < -0.39 is 39.6 Å². The molecule has 11 heteroatoms. The topological polar surface area (TPSA) is 165 Å². The van der Waals surface area contributed by atoms with Gasteiger partial charge in [0.05, 0.1) is 13.2 Å². The first kappa shape index (κ1) is 16.2. The smallest absolute Gasteiger partial charge is 0.371 e. The predicted molar refractivity (Wildman–Crippen MR) is 51.5 cm³/mol. The van der Waals surface area contributed by atoms with E-state index in [1.54, 1.807) is 0 Å². The molecule has 0 heterocycles. The first-order valence-corrected chi connectivity index (χ1v) is 7.19. The highest BCUT2D eigenvalue weighted by atomic mass is 31.2. The third-order valence-electron chi connectivity index (χ3n) is 1.74. The summed E-state index contributed by atoms with van der Waals surface area (Å²) in [6, 6.07) is 0. The lowest BCUT2D eigenvalue weighted by Crippen LogP contribution is -2.28. The number of aliphatic hydroxyl groups excluding tert-OH is 2. The van der Waals surface area contributed by atoms with Crippen LogP contribution in [0.2, 0.25) is 0 Å². The molecule has 0 aromatic rings. The van der Waals surface area contributed by atoms with Crippen LogP contribution in [0, 0.1) is 0 Å². The molecule has 98 valence electrons. The Morgan fingerprint density at radius 3 is 2.06 bits per heavy atom. The van der Waals surface area contributed by atoms with Crippen molar-refractivity contribution in [3.63, 3.8) is 0 Å². The summed E-state index contributed by atoms with van der Waals surface area (Å²) in [5, 5.41) is 23.1. The largest absolute Gasteiger partial charge is 0.394 e. The summed E-state index contributed by atoms with van der Waals surface area (Å²) in [7, 11) is -10.3. The second-order valence-electron chi connectivity index (χ2n) is 3.17. The quantitative estimate of drug-likeness (QED) is 0.314. The third-order valence-corrected chi connectivity index (χ3v) is 5.95. The number of hydrogen-bond donors (Lipinski definition) is 6. The van der Waals surface area contributed by atoms with Gasteiger partial charge in [-0.1, -0.05) is 0 Å². The lowest BCUT2D eigenvalue weighted by Gasteiger charge is -2.28. The molecule has 0 rings (SSSR count). The van der Waals surface area contributed by atoms with E-state index in [-0.39, 0.29) is 0 Å². The van der Waals surface area contributed by atoms with Gasteiger partial charge in [-0.3, -0.25) is 9.13 Å². The summed E-state index contributed by atoms with van der Waals surface area (Å²) in [4.78, 5) is 26.4. The van der Waals surface area contributed by atoms with Crippen LogP contribution in [0.3, 0.4) is 0 Å². The van der Waals surface area contributed by atoms with Gasteiger partial charge in [0, 0.05) is 0 Å². The van der Waals surface area contributed by atoms with Gasteiger partial charge in [0.25, 0.3) is 5.08 Å². The Labute approximate surface area is 91.0 Å². The van der Waals surface area contributed by atoms with Gasteiger partial charge >= 0.3 is 15.2 Å². The van der Waals surface area contributed by atoms with E-state index in [1.165, 1.54) is 0 Å². The Kier molecular flexibility index (Phi) is 5.28. The Bertz CT molecular complexity index is 320. The van der Waals surface area contributed by atoms with E-state index in [0.717, 1.165) is 0 Å². The molecule has 0 fully saturated rings. The van der Waals surface area contributed by atoms with E-state index in [2.05, 4.69) is 4.52 Å². The van der Waals surface area contributed by atoms with E-state index >= 15 is 0 Å². The van der Waals surface area contributed by atoms with Crippen molar-refractivity contribution in [1.82, 2.24) is 0 Å². The van der Waals surface area contributed by atoms with Gasteiger partial charge < -0.3 is 34.5 Å². The zero-order valence-corrected chi connectivity index (χ0v) is 10.1. The number of hydrogen-bond acceptors (Lipinski definition) is 6. The second-order valence-corrected chi connectivity index (χ2v) is 7.65. The highest BCUT2D eigenvalue weighted by Gasteiger charge is 2.57. The van der Waals surface area contributed by atoms with Crippen LogP contribution in [0.1, 0.15) is 6.92 Å². The summed E-state index contributed by atoms with van der Waals surface area (Å²) in [6.45, 7) is -1.17. The first-order chi connectivity index (χ1) is 6.95. The molecule has 0 radical (unpaired) electrons. The molecule has 0 spiro atoms. The van der Waals surface area contributed by atoms with Gasteiger partial charge in [0.2, 0.25) is 0 Å². The molecule has 6 N–H and O–H groups in total. The molecule has 0 saturated carbocycles. The highest BCUT2D eigenvalue weighted by Crippen LogP contribution is 2.69. The minimum absolute atomic E-state index is 0.444. The van der Waals surface area contributed by atoms with Crippen LogP contribution < -0.4 is 0 Å². The number of aliphatic hydroxyl groups is 3. The Hall–Kier alpha value is 0.180. The lowest BCUT2D eigenvalue weighted by molar-refractivity contribution is 0.0406. The molecule has 0 amide bonds. The van der Waals surface area contributed by atoms with Crippen molar-refractivity contribution in [2.45, 2.75) is 18.1 Å². The average molecular weight is 280 g/mol. The van der Waals surface area contributed by atoms with Crippen LogP contribution in [0.4, 0.5) is 0 Å². The monoisotopic (exact) mass is 280 g/mol. The van der Waals surface area contributed by atoms with Gasteiger partial charge in [-0.15, -0.1) is 0 Å². The summed E-state index contributed by atoms with van der Waals surface area (Å²) in [5.41, 5.74) is 0. The molecular weight excluding hydrogens is 266 g/mol. The molecule has 0 aromatic heterocycles. The normalized spacial score (nSPS) is 22.2. The third kappa shape index (κ3) is 3.59. The van der Waals surface area contributed by atoms with Crippen molar-refractivity contribution in [3.05, 3.63) is 0 Å². The van der Waals surface area contributed by atoms with Crippen molar-refractivity contribution in [3.8, 4) is 0 Å². The fourth-order valence-corrected chi connectivity index (χ4v) is 2.64. The van der Waals surface area contributed by atoms with Crippen molar-refractivity contribution < 1.29 is 43.7 Å². The minimum Gasteiger partial charge on any atom is -0.394 e. The fraction of sp³-hybridized carbons (Fsp3) is 1.00. The molecule has 0 aliphatic carbocycles. The van der Waals surface area contributed by atoms with Crippen LogP contribution in [0.25, 0.3) is 0 Å². The maximum atomic E-state index is 11.3. The first-order valence-electron chi connectivity index (χ1n) is 4.00. The summed E-state index contributed by atoms with van der Waals surface area (Å²) < 4.78 is 26.2. The zero-order chi connectivity index (χ0) is 13.2. The molecule has 16 heavy (non-hydrogen) atoms. The minimum atomic E-state index is -5.29. The van der Waals surface area contributed by atoms with Gasteiger partial charge in [0.15, 0.2) is 0 Å². The van der Waals surface area contributed by atoms with E-state index in [0.29, 0.717) is 6.92 Å². The van der Waals surface area contributed by atoms with E-state index in [9.17, 15) is 14.2 Å². The van der Waals surface area contributed by atoms with Crippen LogP contribution in [-0.4, -0.2) is 54.4 Å². The lowest BCUT2D eigenvalue weighted by atomic mass is 10.4. The average Bonchev–Trinajstić information content (AvgIpc) is 2.12. The molecule has 0 aromatic carbocycles. The van der Waals surface area contributed by atoms with Gasteiger partial charge in [-0.05, 0) is 6.92 Å². The summed E-state index contributed by atoms with van der Waals surface area (Å²) in [6.07, 6.45) is -1.49. The molecule has 0 aliphatic rings. The van der Waals surface area contributed by atoms with Gasteiger partial charge in [-0.2, -0.15) is 0 Å². The van der Waals surface area contributed by atoms with Crippen LogP contribution >= 0.6 is 15.2 Å². The fourth-order valence-electron chi connectivity index (χ4n) is 0.527.